The first-order valence-corrected chi connectivity index (χ1v) is 10.4. The average molecular weight is 406 g/mol. The van der Waals surface area contributed by atoms with Gasteiger partial charge < -0.3 is 0 Å². The van der Waals surface area contributed by atoms with Crippen molar-refractivity contribution in [1.82, 2.24) is 0 Å². The van der Waals surface area contributed by atoms with E-state index < -0.39 is 21.8 Å². The Morgan fingerprint density at radius 1 is 0.759 bits per heavy atom. The van der Waals surface area contributed by atoms with Crippen LogP contribution in [0, 0.1) is 13.8 Å². The van der Waals surface area contributed by atoms with E-state index in [0.717, 1.165) is 16.0 Å². The van der Waals surface area contributed by atoms with Gasteiger partial charge in [0.25, 0.3) is 21.8 Å². The average Bonchev–Trinajstić information content (AvgIpc) is 2.92. The van der Waals surface area contributed by atoms with E-state index in [9.17, 15) is 18.0 Å². The number of nitrogens with zero attached hydrogens (tertiary/aromatic N) is 1. The van der Waals surface area contributed by atoms with E-state index in [0.29, 0.717) is 22.5 Å². The summed E-state index contributed by atoms with van der Waals surface area (Å²) < 4.78 is 28.0. The minimum atomic E-state index is -3.81. The Bertz CT molecular complexity index is 1190. The molecule has 0 spiro atoms. The fourth-order valence-electron chi connectivity index (χ4n) is 3.45. The molecule has 29 heavy (non-hydrogen) atoms. The van der Waals surface area contributed by atoms with Gasteiger partial charge in [0.1, 0.15) is 0 Å². The number of sulfonamides is 1. The van der Waals surface area contributed by atoms with Gasteiger partial charge in [-0.2, -0.15) is 0 Å². The van der Waals surface area contributed by atoms with Gasteiger partial charge in [-0.15, -0.1) is 0 Å². The number of hydrogen-bond donors (Lipinski definition) is 1. The van der Waals surface area contributed by atoms with Crippen molar-refractivity contribution in [2.45, 2.75) is 18.7 Å². The van der Waals surface area contributed by atoms with E-state index in [1.54, 1.807) is 36.4 Å². The molecule has 3 aromatic rings. The van der Waals surface area contributed by atoms with Gasteiger partial charge in [0.15, 0.2) is 0 Å². The van der Waals surface area contributed by atoms with Crippen molar-refractivity contribution in [3.63, 3.8) is 0 Å². The van der Waals surface area contributed by atoms with Crippen LogP contribution in [0.2, 0.25) is 0 Å². The topological polar surface area (TPSA) is 83.6 Å². The fraction of sp³-hybridized carbons (Fsp3) is 0.0909. The maximum Gasteiger partial charge on any atom is 0.266 e. The Morgan fingerprint density at radius 2 is 1.28 bits per heavy atom. The third-order valence-corrected chi connectivity index (χ3v) is 6.07. The Balaban J connectivity index is 1.61. The zero-order chi connectivity index (χ0) is 20.8. The van der Waals surface area contributed by atoms with Crippen LogP contribution in [0.3, 0.4) is 0 Å². The zero-order valence-electron chi connectivity index (χ0n) is 15.8. The summed E-state index contributed by atoms with van der Waals surface area (Å²) >= 11 is 0. The lowest BCUT2D eigenvalue weighted by Crippen LogP contribution is -2.29. The zero-order valence-corrected chi connectivity index (χ0v) is 16.7. The number of imide groups is 1. The Labute approximate surface area is 168 Å². The molecule has 1 heterocycles. The number of nitrogens with one attached hydrogen (secondary N) is 1. The summed E-state index contributed by atoms with van der Waals surface area (Å²) in [7, 11) is -3.81. The quantitative estimate of drug-likeness (QED) is 0.666. The summed E-state index contributed by atoms with van der Waals surface area (Å²) in [5.41, 5.74) is 3.37. The van der Waals surface area contributed by atoms with Crippen LogP contribution in [0.4, 0.5) is 11.4 Å². The second-order valence-electron chi connectivity index (χ2n) is 6.97. The highest BCUT2D eigenvalue weighted by Crippen LogP contribution is 2.29. The summed E-state index contributed by atoms with van der Waals surface area (Å²) in [5.74, 6) is -0.843. The van der Waals surface area contributed by atoms with Crippen molar-refractivity contribution in [3.05, 3.63) is 89.0 Å². The number of carbonyl (C=O) groups is 2. The molecule has 6 nitrogen and oxygen atoms in total. The lowest BCUT2D eigenvalue weighted by atomic mass is 10.1. The summed E-state index contributed by atoms with van der Waals surface area (Å²) in [5, 5.41) is 0. The van der Waals surface area contributed by atoms with E-state index in [-0.39, 0.29) is 4.90 Å². The lowest BCUT2D eigenvalue weighted by Gasteiger charge is -2.15. The molecular weight excluding hydrogens is 388 g/mol. The molecule has 0 saturated carbocycles. The lowest BCUT2D eigenvalue weighted by molar-refractivity contribution is 0.0926. The Hall–Kier alpha value is -3.45. The highest BCUT2D eigenvalue weighted by molar-refractivity contribution is 7.92. The first kappa shape index (κ1) is 18.9. The van der Waals surface area contributed by atoms with Crippen LogP contribution in [0.15, 0.2) is 71.6 Å². The van der Waals surface area contributed by atoms with E-state index in [1.165, 1.54) is 24.3 Å². The molecule has 0 radical (unpaired) electrons. The number of amides is 2. The molecule has 4 rings (SSSR count). The normalized spacial score (nSPS) is 13.5. The number of fused-ring (bicyclic) bond motifs is 1. The molecule has 7 heteroatoms. The van der Waals surface area contributed by atoms with E-state index in [4.69, 9.17) is 0 Å². The monoisotopic (exact) mass is 406 g/mol. The van der Waals surface area contributed by atoms with Crippen LogP contribution in [0.25, 0.3) is 0 Å². The maximum atomic E-state index is 12.7. The minimum Gasteiger partial charge on any atom is -0.280 e. The van der Waals surface area contributed by atoms with Crippen molar-refractivity contribution in [2.75, 3.05) is 9.62 Å². The largest absolute Gasteiger partial charge is 0.280 e. The summed E-state index contributed by atoms with van der Waals surface area (Å²) in [6.45, 7) is 3.78. The van der Waals surface area contributed by atoms with Crippen molar-refractivity contribution < 1.29 is 18.0 Å². The van der Waals surface area contributed by atoms with Crippen molar-refractivity contribution in [1.29, 1.82) is 0 Å². The smallest absolute Gasteiger partial charge is 0.266 e. The fourth-order valence-corrected chi connectivity index (χ4v) is 4.49. The van der Waals surface area contributed by atoms with Crippen molar-refractivity contribution >= 4 is 33.2 Å². The third-order valence-electron chi connectivity index (χ3n) is 4.67. The number of aryl methyl sites for hydroxylation is 2. The molecular formula is C22H18N2O4S. The van der Waals surface area contributed by atoms with Crippen LogP contribution in [0.5, 0.6) is 0 Å². The number of benzene rings is 3. The Morgan fingerprint density at radius 3 is 1.79 bits per heavy atom. The van der Waals surface area contributed by atoms with Crippen LogP contribution in [0.1, 0.15) is 31.8 Å². The van der Waals surface area contributed by atoms with Crippen LogP contribution in [-0.2, 0) is 10.0 Å². The molecule has 0 aromatic heterocycles. The van der Waals surface area contributed by atoms with E-state index >= 15 is 0 Å². The molecule has 0 atom stereocenters. The van der Waals surface area contributed by atoms with Gasteiger partial charge in [-0.1, -0.05) is 18.2 Å². The Kier molecular flexibility index (Phi) is 4.47. The predicted octanol–water partition coefficient (Wildman–Crippen LogP) is 3.90. The van der Waals surface area contributed by atoms with Crippen molar-refractivity contribution in [2.24, 2.45) is 0 Å². The summed E-state index contributed by atoms with van der Waals surface area (Å²) in [6, 6.07) is 17.7. The molecule has 0 bridgehead atoms. The van der Waals surface area contributed by atoms with Crippen LogP contribution >= 0.6 is 0 Å². The maximum absolute atomic E-state index is 12.7. The van der Waals surface area contributed by atoms with Gasteiger partial charge in [0.05, 0.1) is 21.7 Å². The van der Waals surface area contributed by atoms with Gasteiger partial charge >= 0.3 is 0 Å². The molecule has 1 aliphatic heterocycles. The third kappa shape index (κ3) is 3.40. The van der Waals surface area contributed by atoms with Crippen molar-refractivity contribution in [3.8, 4) is 0 Å². The summed E-state index contributed by atoms with van der Waals surface area (Å²) in [4.78, 5) is 26.2. The molecule has 146 valence electrons. The molecule has 0 aliphatic carbocycles. The van der Waals surface area contributed by atoms with Gasteiger partial charge in [-0.05, 0) is 73.5 Å². The molecule has 2 amide bonds. The number of hydrogen-bond acceptors (Lipinski definition) is 4. The van der Waals surface area contributed by atoms with Gasteiger partial charge in [0.2, 0.25) is 0 Å². The van der Waals surface area contributed by atoms with Crippen LogP contribution in [-0.4, -0.2) is 20.2 Å². The highest BCUT2D eigenvalue weighted by Gasteiger charge is 2.36. The van der Waals surface area contributed by atoms with Crippen LogP contribution < -0.4 is 9.62 Å². The molecule has 0 fully saturated rings. The summed E-state index contributed by atoms with van der Waals surface area (Å²) in [6.07, 6.45) is 0. The van der Waals surface area contributed by atoms with E-state index in [1.807, 2.05) is 19.9 Å². The van der Waals surface area contributed by atoms with Gasteiger partial charge in [-0.25, -0.2) is 13.3 Å². The number of rotatable bonds is 4. The van der Waals surface area contributed by atoms with E-state index in [2.05, 4.69) is 4.72 Å². The SMILES string of the molecule is Cc1cc(C)cc(NS(=O)(=O)c2ccc(N3C(=O)c4ccccc4C3=O)cc2)c1. The molecule has 3 aromatic carbocycles. The predicted molar refractivity (Wildman–Crippen MR) is 111 cm³/mol. The first-order valence-electron chi connectivity index (χ1n) is 8.95. The second-order valence-corrected chi connectivity index (χ2v) is 8.65. The number of anilines is 2. The highest BCUT2D eigenvalue weighted by atomic mass is 32.2. The molecule has 0 saturated heterocycles. The number of carbonyl (C=O) groups excluding carboxylic acids is 2. The van der Waals surface area contributed by atoms with Gasteiger partial charge in [-0.3, -0.25) is 14.3 Å². The molecule has 0 unspecified atom stereocenters. The molecule has 1 aliphatic rings. The first-order chi connectivity index (χ1) is 13.8. The minimum absolute atomic E-state index is 0.0389. The molecule has 1 N–H and O–H groups in total. The second kappa shape index (κ2) is 6.86. The van der Waals surface area contributed by atoms with Gasteiger partial charge in [0, 0.05) is 5.69 Å². The standard InChI is InChI=1S/C22H18N2O4S/c1-14-11-15(2)13-16(12-14)23-29(27,28)18-9-7-17(8-10-18)24-21(25)19-5-3-4-6-20(19)22(24)26/h3-13,23H,1-2H3.